The monoisotopic (exact) mass is 419 g/mol. The highest BCUT2D eigenvalue weighted by molar-refractivity contribution is 5.98. The highest BCUT2D eigenvalue weighted by atomic mass is 16.3. The predicted molar refractivity (Wildman–Crippen MR) is 118 cm³/mol. The van der Waals surface area contributed by atoms with E-state index in [9.17, 15) is 14.7 Å². The van der Waals surface area contributed by atoms with Gasteiger partial charge in [0.05, 0.1) is 6.10 Å². The van der Waals surface area contributed by atoms with Crippen molar-refractivity contribution in [1.29, 1.82) is 0 Å². The molecular weight excluding hydrogens is 390 g/mol. The molecule has 0 saturated carbocycles. The van der Waals surface area contributed by atoms with Crippen molar-refractivity contribution in [2.24, 2.45) is 0 Å². The molecule has 3 aliphatic heterocycles. The largest absolute Gasteiger partial charge is 0.390 e. The van der Waals surface area contributed by atoms with E-state index >= 15 is 0 Å². The van der Waals surface area contributed by atoms with Crippen molar-refractivity contribution in [2.45, 2.75) is 62.9 Å². The van der Waals surface area contributed by atoms with E-state index in [4.69, 9.17) is 0 Å². The number of amides is 2. The summed E-state index contributed by atoms with van der Waals surface area (Å²) < 4.78 is 0. The fraction of sp³-hybridized carbons (Fsp3) is 0.440. The molecule has 5 rings (SSSR count). The third-order valence-corrected chi connectivity index (χ3v) is 7.13. The van der Waals surface area contributed by atoms with Crippen molar-refractivity contribution in [3.8, 4) is 0 Å². The maximum atomic E-state index is 12.9. The second-order valence-electron chi connectivity index (χ2n) is 8.99. The Balaban J connectivity index is 1.15. The molecule has 2 amide bonds. The number of hydrogen-bond acceptors (Lipinski definition) is 4. The van der Waals surface area contributed by atoms with Crippen LogP contribution in [0.15, 0.2) is 48.5 Å². The van der Waals surface area contributed by atoms with Crippen LogP contribution < -0.4 is 10.6 Å². The first-order valence-electron chi connectivity index (χ1n) is 11.3. The number of carbonyl (C=O) groups excluding carboxylic acids is 2. The van der Waals surface area contributed by atoms with Crippen LogP contribution in [0.4, 0.5) is 0 Å². The molecular formula is C25H29N3O3. The molecule has 31 heavy (non-hydrogen) atoms. The highest BCUT2D eigenvalue weighted by Crippen LogP contribution is 2.38. The SMILES string of the molecule is O=C(NCC(O)C1Cc2ccccc2CN1)c1ccc(C(=O)N2C3CCC2CC3)cc1. The molecule has 0 aromatic heterocycles. The van der Waals surface area contributed by atoms with Crippen molar-refractivity contribution in [2.75, 3.05) is 6.54 Å². The number of nitrogens with one attached hydrogen (secondary N) is 2. The summed E-state index contributed by atoms with van der Waals surface area (Å²) in [6, 6.07) is 15.8. The average molecular weight is 420 g/mol. The van der Waals surface area contributed by atoms with Gasteiger partial charge in [0.15, 0.2) is 0 Å². The first kappa shape index (κ1) is 20.2. The van der Waals surface area contributed by atoms with E-state index in [1.807, 2.05) is 17.0 Å². The van der Waals surface area contributed by atoms with Gasteiger partial charge < -0.3 is 20.6 Å². The molecule has 2 saturated heterocycles. The summed E-state index contributed by atoms with van der Waals surface area (Å²) >= 11 is 0. The number of carbonyl (C=O) groups is 2. The Hall–Kier alpha value is -2.70. The molecule has 6 heteroatoms. The molecule has 2 aromatic rings. The lowest BCUT2D eigenvalue weighted by molar-refractivity contribution is 0.0729. The molecule has 0 spiro atoms. The van der Waals surface area contributed by atoms with Crippen molar-refractivity contribution < 1.29 is 14.7 Å². The van der Waals surface area contributed by atoms with Crippen LogP contribution in [-0.2, 0) is 13.0 Å². The molecule has 2 atom stereocenters. The molecule has 3 aliphatic rings. The molecule has 0 aliphatic carbocycles. The lowest BCUT2D eigenvalue weighted by Gasteiger charge is -2.30. The second kappa shape index (κ2) is 8.44. The van der Waals surface area contributed by atoms with Crippen molar-refractivity contribution in [3.63, 3.8) is 0 Å². The van der Waals surface area contributed by atoms with Crippen LogP contribution in [0, 0.1) is 0 Å². The minimum Gasteiger partial charge on any atom is -0.390 e. The molecule has 2 bridgehead atoms. The molecule has 0 radical (unpaired) electrons. The molecule has 3 N–H and O–H groups in total. The summed E-state index contributed by atoms with van der Waals surface area (Å²) in [5, 5.41) is 16.7. The minimum absolute atomic E-state index is 0.0797. The topological polar surface area (TPSA) is 81.7 Å². The van der Waals surface area contributed by atoms with Gasteiger partial charge in [-0.3, -0.25) is 9.59 Å². The zero-order chi connectivity index (χ0) is 21.4. The summed E-state index contributed by atoms with van der Waals surface area (Å²) in [6.45, 7) is 0.899. The van der Waals surface area contributed by atoms with E-state index in [1.165, 1.54) is 11.1 Å². The number of hydrogen-bond donors (Lipinski definition) is 3. The number of benzene rings is 2. The minimum atomic E-state index is -0.677. The lowest BCUT2D eigenvalue weighted by atomic mass is 9.93. The average Bonchev–Trinajstić information content (AvgIpc) is 3.42. The van der Waals surface area contributed by atoms with Gasteiger partial charge >= 0.3 is 0 Å². The molecule has 6 nitrogen and oxygen atoms in total. The van der Waals surface area contributed by atoms with Gasteiger partial charge in [0.2, 0.25) is 0 Å². The highest BCUT2D eigenvalue weighted by Gasteiger charge is 2.42. The zero-order valence-electron chi connectivity index (χ0n) is 17.6. The van der Waals surface area contributed by atoms with Crippen LogP contribution in [-0.4, -0.2) is 52.6 Å². The van der Waals surface area contributed by atoms with Crippen LogP contribution in [0.1, 0.15) is 57.5 Å². The number of aliphatic hydroxyl groups is 1. The van der Waals surface area contributed by atoms with E-state index in [0.29, 0.717) is 23.2 Å². The third-order valence-electron chi connectivity index (χ3n) is 7.13. The fourth-order valence-electron chi connectivity index (χ4n) is 5.35. The van der Waals surface area contributed by atoms with Gasteiger partial charge in [0, 0.05) is 42.3 Å². The van der Waals surface area contributed by atoms with E-state index in [1.54, 1.807) is 24.3 Å². The molecule has 2 unspecified atom stereocenters. The Morgan fingerprint density at radius 2 is 1.58 bits per heavy atom. The van der Waals surface area contributed by atoms with Gasteiger partial charge in [-0.05, 0) is 67.5 Å². The fourth-order valence-corrected chi connectivity index (χ4v) is 5.35. The smallest absolute Gasteiger partial charge is 0.254 e. The van der Waals surface area contributed by atoms with Crippen LogP contribution in [0.3, 0.4) is 0 Å². The van der Waals surface area contributed by atoms with Crippen LogP contribution in [0.5, 0.6) is 0 Å². The maximum absolute atomic E-state index is 12.9. The van der Waals surface area contributed by atoms with E-state index in [-0.39, 0.29) is 24.4 Å². The van der Waals surface area contributed by atoms with Crippen molar-refractivity contribution in [1.82, 2.24) is 15.5 Å². The van der Waals surface area contributed by atoms with Gasteiger partial charge in [0.25, 0.3) is 11.8 Å². The Kier molecular flexibility index (Phi) is 5.50. The van der Waals surface area contributed by atoms with Crippen molar-refractivity contribution >= 4 is 11.8 Å². The first-order chi connectivity index (χ1) is 15.1. The normalized spacial score (nSPS) is 25.2. The summed E-state index contributed by atoms with van der Waals surface area (Å²) in [4.78, 5) is 27.4. The van der Waals surface area contributed by atoms with Gasteiger partial charge in [-0.1, -0.05) is 24.3 Å². The Bertz CT molecular complexity index is 954. The van der Waals surface area contributed by atoms with E-state index in [2.05, 4.69) is 22.8 Å². The quantitative estimate of drug-likeness (QED) is 0.694. The zero-order valence-corrected chi connectivity index (χ0v) is 17.6. The van der Waals surface area contributed by atoms with E-state index < -0.39 is 6.10 Å². The van der Waals surface area contributed by atoms with Crippen LogP contribution in [0.25, 0.3) is 0 Å². The third kappa shape index (κ3) is 3.98. The predicted octanol–water partition coefficient (Wildman–Crippen LogP) is 2.26. The summed E-state index contributed by atoms with van der Waals surface area (Å²) in [5.74, 6) is -0.161. The molecule has 2 aromatic carbocycles. The molecule has 162 valence electrons. The lowest BCUT2D eigenvalue weighted by Crippen LogP contribution is -2.49. The molecule has 3 heterocycles. The van der Waals surface area contributed by atoms with Gasteiger partial charge in [-0.2, -0.15) is 0 Å². The summed E-state index contributed by atoms with van der Waals surface area (Å²) in [7, 11) is 0. The van der Waals surface area contributed by atoms with Crippen molar-refractivity contribution in [3.05, 3.63) is 70.8 Å². The van der Waals surface area contributed by atoms with Gasteiger partial charge in [0.1, 0.15) is 0 Å². The van der Waals surface area contributed by atoms with Crippen LogP contribution >= 0.6 is 0 Å². The Labute approximate surface area is 182 Å². The number of rotatable bonds is 5. The summed E-state index contributed by atoms with van der Waals surface area (Å²) in [5.41, 5.74) is 3.63. The standard InChI is InChI=1S/C25H29N3O3/c29-23(22-13-18-3-1-2-4-19(18)14-26-22)15-27-24(30)16-5-7-17(8-6-16)25(31)28-20-9-10-21(28)12-11-20/h1-8,20-23,26,29H,9-15H2,(H,27,30). The number of fused-ring (bicyclic) bond motifs is 3. The van der Waals surface area contributed by atoms with Gasteiger partial charge in [-0.15, -0.1) is 0 Å². The first-order valence-corrected chi connectivity index (χ1v) is 11.3. The Morgan fingerprint density at radius 3 is 2.26 bits per heavy atom. The second-order valence-corrected chi connectivity index (χ2v) is 8.99. The molecule has 2 fully saturated rings. The number of aliphatic hydroxyl groups excluding tert-OH is 1. The van der Waals surface area contributed by atoms with Crippen LogP contribution in [0.2, 0.25) is 0 Å². The maximum Gasteiger partial charge on any atom is 0.254 e. The Morgan fingerprint density at radius 1 is 0.968 bits per heavy atom. The number of nitrogens with zero attached hydrogens (tertiary/aromatic N) is 1. The summed E-state index contributed by atoms with van der Waals surface area (Å²) in [6.07, 6.45) is 4.51. The van der Waals surface area contributed by atoms with Gasteiger partial charge in [-0.25, -0.2) is 0 Å². The van der Waals surface area contributed by atoms with E-state index in [0.717, 1.165) is 38.6 Å².